The van der Waals surface area contributed by atoms with Gasteiger partial charge in [0, 0.05) is 9.61 Å². The quantitative estimate of drug-likeness (QED) is 0.652. The van der Waals surface area contributed by atoms with E-state index in [1.54, 1.807) is 18.2 Å². The second kappa shape index (κ2) is 4.00. The summed E-state index contributed by atoms with van der Waals surface area (Å²) in [4.78, 5) is 0. The van der Waals surface area contributed by atoms with Crippen LogP contribution in [0.4, 0.5) is 4.39 Å². The van der Waals surface area contributed by atoms with Gasteiger partial charge in [-0.15, -0.1) is 6.58 Å². The molecule has 0 fully saturated rings. The molecule has 64 valence electrons. The largest absolute Gasteiger partial charge is 0.321 e. The van der Waals surface area contributed by atoms with Crippen molar-refractivity contribution in [2.75, 3.05) is 0 Å². The highest BCUT2D eigenvalue weighted by Gasteiger charge is 2.04. The predicted molar refractivity (Wildman–Crippen MR) is 56.2 cm³/mol. The molecule has 0 amide bonds. The molecule has 0 saturated heterocycles. The molecular weight excluding hydrogens is 268 g/mol. The molecule has 0 saturated carbocycles. The molecule has 1 rings (SSSR count). The van der Waals surface area contributed by atoms with Crippen molar-refractivity contribution in [3.05, 3.63) is 45.8 Å². The van der Waals surface area contributed by atoms with E-state index < -0.39 is 0 Å². The van der Waals surface area contributed by atoms with Crippen molar-refractivity contribution in [2.24, 2.45) is 5.73 Å². The van der Waals surface area contributed by atoms with Crippen molar-refractivity contribution in [1.29, 1.82) is 0 Å². The van der Waals surface area contributed by atoms with Gasteiger partial charge in [-0.05, 0) is 40.3 Å². The molecule has 1 atom stereocenters. The van der Waals surface area contributed by atoms with Crippen LogP contribution in [0.1, 0.15) is 11.6 Å². The van der Waals surface area contributed by atoms with E-state index >= 15 is 0 Å². The molecule has 0 aliphatic heterocycles. The summed E-state index contributed by atoms with van der Waals surface area (Å²) in [6.45, 7) is 3.54. The summed E-state index contributed by atoms with van der Waals surface area (Å²) in [6.07, 6.45) is 1.58. The van der Waals surface area contributed by atoms with Crippen LogP contribution in [0.5, 0.6) is 0 Å². The summed E-state index contributed by atoms with van der Waals surface area (Å²) < 4.78 is 13.6. The van der Waals surface area contributed by atoms with Gasteiger partial charge in [-0.2, -0.15) is 0 Å². The van der Waals surface area contributed by atoms with Crippen LogP contribution in [0.25, 0.3) is 0 Å². The third kappa shape index (κ3) is 2.04. The molecule has 1 aromatic carbocycles. The van der Waals surface area contributed by atoms with Gasteiger partial charge in [-0.1, -0.05) is 12.1 Å². The summed E-state index contributed by atoms with van der Waals surface area (Å²) in [5.41, 5.74) is 6.38. The molecule has 1 aromatic rings. The van der Waals surface area contributed by atoms with Crippen LogP contribution < -0.4 is 5.73 Å². The molecule has 0 aromatic heterocycles. The Labute approximate surface area is 84.6 Å². The zero-order chi connectivity index (χ0) is 9.14. The maximum Gasteiger partial charge on any atom is 0.136 e. The fourth-order valence-corrected chi connectivity index (χ4v) is 1.19. The topological polar surface area (TPSA) is 26.0 Å². The lowest BCUT2D eigenvalue weighted by atomic mass is 10.1. The number of hydrogen-bond acceptors (Lipinski definition) is 1. The average molecular weight is 277 g/mol. The number of nitrogens with two attached hydrogens (primary N) is 1. The fourth-order valence-electron chi connectivity index (χ4n) is 0.856. The molecule has 0 unspecified atom stereocenters. The highest BCUT2D eigenvalue weighted by molar-refractivity contribution is 14.1. The van der Waals surface area contributed by atoms with Gasteiger partial charge >= 0.3 is 0 Å². The summed E-state index contributed by atoms with van der Waals surface area (Å²) in [5, 5.41) is 0. The summed E-state index contributed by atoms with van der Waals surface area (Å²) in [7, 11) is 0. The maximum absolute atomic E-state index is 13.0. The number of hydrogen-bond donors (Lipinski definition) is 1. The van der Waals surface area contributed by atoms with Gasteiger partial charge in [-0.25, -0.2) is 4.39 Å². The highest BCUT2D eigenvalue weighted by Crippen LogP contribution is 2.17. The lowest BCUT2D eigenvalue weighted by Crippen LogP contribution is -2.06. The predicted octanol–water partition coefficient (Wildman–Crippen LogP) is 2.62. The lowest BCUT2D eigenvalue weighted by molar-refractivity contribution is 0.616. The Bertz CT molecular complexity index is 299. The standard InChI is InChI=1S/C9H9FIN/c1-2-9(12)6-3-4-8(11)7(10)5-6/h2-5,9H,1,12H2/t9-/m1/s1. The molecule has 0 heterocycles. The zero-order valence-electron chi connectivity index (χ0n) is 6.43. The van der Waals surface area contributed by atoms with Crippen LogP contribution in [0.2, 0.25) is 0 Å². The van der Waals surface area contributed by atoms with Gasteiger partial charge in [0.2, 0.25) is 0 Å². The number of benzene rings is 1. The van der Waals surface area contributed by atoms with E-state index in [1.165, 1.54) is 6.07 Å². The molecule has 0 aliphatic carbocycles. The highest BCUT2D eigenvalue weighted by atomic mass is 127. The van der Waals surface area contributed by atoms with Crippen molar-refractivity contribution < 1.29 is 4.39 Å². The van der Waals surface area contributed by atoms with E-state index in [0.717, 1.165) is 5.56 Å². The van der Waals surface area contributed by atoms with Crippen LogP contribution in [0.15, 0.2) is 30.9 Å². The van der Waals surface area contributed by atoms with Gasteiger partial charge in [0.1, 0.15) is 5.82 Å². The summed E-state index contributed by atoms with van der Waals surface area (Å²) in [5.74, 6) is -0.231. The van der Waals surface area contributed by atoms with E-state index in [0.29, 0.717) is 3.57 Å². The van der Waals surface area contributed by atoms with E-state index in [1.807, 2.05) is 22.6 Å². The molecule has 12 heavy (non-hydrogen) atoms. The number of halogens is 2. The smallest absolute Gasteiger partial charge is 0.136 e. The van der Waals surface area contributed by atoms with E-state index in [2.05, 4.69) is 6.58 Å². The lowest BCUT2D eigenvalue weighted by Gasteiger charge is -2.06. The van der Waals surface area contributed by atoms with Crippen molar-refractivity contribution in [2.45, 2.75) is 6.04 Å². The first kappa shape index (κ1) is 9.67. The third-order valence-electron chi connectivity index (χ3n) is 1.58. The van der Waals surface area contributed by atoms with Gasteiger partial charge in [0.25, 0.3) is 0 Å². The van der Waals surface area contributed by atoms with Crippen molar-refractivity contribution in [3.63, 3.8) is 0 Å². The molecule has 0 spiro atoms. The SMILES string of the molecule is C=C[C@@H](N)c1ccc(I)c(F)c1. The Morgan fingerprint density at radius 3 is 2.75 bits per heavy atom. The molecular formula is C9H9FIN. The van der Waals surface area contributed by atoms with E-state index in [9.17, 15) is 4.39 Å². The van der Waals surface area contributed by atoms with Gasteiger partial charge < -0.3 is 5.73 Å². The minimum atomic E-state index is -0.281. The second-order valence-electron chi connectivity index (χ2n) is 2.44. The Hall–Kier alpha value is -0.420. The normalized spacial score (nSPS) is 12.6. The van der Waals surface area contributed by atoms with Crippen molar-refractivity contribution in [1.82, 2.24) is 0 Å². The van der Waals surface area contributed by atoms with Gasteiger partial charge in [-0.3, -0.25) is 0 Å². The van der Waals surface area contributed by atoms with Crippen LogP contribution in [0.3, 0.4) is 0 Å². The first-order valence-electron chi connectivity index (χ1n) is 3.48. The Morgan fingerprint density at radius 2 is 2.25 bits per heavy atom. The van der Waals surface area contributed by atoms with Gasteiger partial charge in [0.15, 0.2) is 0 Å². The average Bonchev–Trinajstić information content (AvgIpc) is 2.08. The van der Waals surface area contributed by atoms with Crippen molar-refractivity contribution in [3.8, 4) is 0 Å². The fraction of sp³-hybridized carbons (Fsp3) is 0.111. The Morgan fingerprint density at radius 1 is 1.58 bits per heavy atom. The minimum Gasteiger partial charge on any atom is -0.321 e. The third-order valence-corrected chi connectivity index (χ3v) is 2.46. The van der Waals surface area contributed by atoms with Crippen LogP contribution in [-0.4, -0.2) is 0 Å². The van der Waals surface area contributed by atoms with Crippen LogP contribution >= 0.6 is 22.6 Å². The minimum absolute atomic E-state index is 0.231. The van der Waals surface area contributed by atoms with Gasteiger partial charge in [0.05, 0.1) is 0 Å². The Balaban J connectivity index is 3.04. The summed E-state index contributed by atoms with van der Waals surface area (Å²) >= 11 is 1.93. The molecule has 3 heteroatoms. The maximum atomic E-state index is 13.0. The van der Waals surface area contributed by atoms with E-state index in [4.69, 9.17) is 5.73 Å². The monoisotopic (exact) mass is 277 g/mol. The Kier molecular flexibility index (Phi) is 3.22. The second-order valence-corrected chi connectivity index (χ2v) is 3.60. The summed E-state index contributed by atoms with van der Waals surface area (Å²) in [6, 6.07) is 4.66. The molecule has 0 aliphatic rings. The first-order valence-corrected chi connectivity index (χ1v) is 4.56. The first-order chi connectivity index (χ1) is 5.65. The van der Waals surface area contributed by atoms with E-state index in [-0.39, 0.29) is 11.9 Å². The van der Waals surface area contributed by atoms with Crippen molar-refractivity contribution >= 4 is 22.6 Å². The zero-order valence-corrected chi connectivity index (χ0v) is 8.58. The molecule has 2 N–H and O–H groups in total. The molecule has 1 nitrogen and oxygen atoms in total. The number of rotatable bonds is 2. The molecule has 0 radical (unpaired) electrons. The van der Waals surface area contributed by atoms with Crippen LogP contribution in [-0.2, 0) is 0 Å². The van der Waals surface area contributed by atoms with Crippen LogP contribution in [0, 0.1) is 9.39 Å². The molecule has 0 bridgehead atoms.